The maximum Gasteiger partial charge on any atom is 0.226 e. The van der Waals surface area contributed by atoms with Gasteiger partial charge in [-0.25, -0.2) is 18.1 Å². The Bertz CT molecular complexity index is 735. The number of aromatic nitrogens is 1. The van der Waals surface area contributed by atoms with Crippen molar-refractivity contribution in [1.82, 2.24) is 14.6 Å². The zero-order chi connectivity index (χ0) is 16.3. The number of nitrogens with zero attached hydrogens (tertiary/aromatic N) is 2. The Balaban J connectivity index is 1.54. The molecule has 0 bridgehead atoms. The van der Waals surface area contributed by atoms with E-state index in [1.807, 2.05) is 30.3 Å². The second-order valence-corrected chi connectivity index (χ2v) is 7.73. The molecule has 2 heterocycles. The van der Waals surface area contributed by atoms with Crippen LogP contribution in [-0.4, -0.2) is 43.7 Å². The number of piperidine rings is 1. The summed E-state index contributed by atoms with van der Waals surface area (Å²) in [6.07, 6.45) is 4.54. The molecule has 1 N–H and O–H groups in total. The molecule has 0 saturated carbocycles. The van der Waals surface area contributed by atoms with Gasteiger partial charge in [-0.05, 0) is 25.0 Å². The molecule has 0 radical (unpaired) electrons. The zero-order valence-electron chi connectivity index (χ0n) is 13.1. The lowest BCUT2D eigenvalue weighted by molar-refractivity contribution is 0.198. The normalized spacial score (nSPS) is 17.4. The standard InChI is InChI=1S/C16H21N3O3S/c1-23(20,21)18-14-7-9-19(10-8-14)11-15-12-22-16(17-15)13-5-3-2-4-6-13/h2-6,12,14,18H,7-11H2,1H3. The molecule has 0 unspecified atom stereocenters. The number of hydrogen-bond donors (Lipinski definition) is 1. The van der Waals surface area contributed by atoms with Crippen LogP contribution < -0.4 is 4.72 Å². The van der Waals surface area contributed by atoms with Gasteiger partial charge >= 0.3 is 0 Å². The maximum atomic E-state index is 11.3. The van der Waals surface area contributed by atoms with Crippen molar-refractivity contribution < 1.29 is 12.8 Å². The number of benzene rings is 1. The summed E-state index contributed by atoms with van der Waals surface area (Å²) in [5.41, 5.74) is 1.87. The van der Waals surface area contributed by atoms with Crippen LogP contribution in [0, 0.1) is 0 Å². The van der Waals surface area contributed by atoms with Crippen molar-refractivity contribution in [3.63, 3.8) is 0 Å². The van der Waals surface area contributed by atoms with E-state index in [4.69, 9.17) is 4.42 Å². The number of oxazole rings is 1. The van der Waals surface area contributed by atoms with Crippen LogP contribution in [0.2, 0.25) is 0 Å². The molecule has 0 spiro atoms. The molecule has 1 saturated heterocycles. The first-order chi connectivity index (χ1) is 11.0. The highest BCUT2D eigenvalue weighted by molar-refractivity contribution is 7.88. The molecule has 7 heteroatoms. The molecule has 1 aliphatic heterocycles. The topological polar surface area (TPSA) is 75.4 Å². The van der Waals surface area contributed by atoms with Crippen LogP contribution in [0.25, 0.3) is 11.5 Å². The van der Waals surface area contributed by atoms with Gasteiger partial charge in [-0.2, -0.15) is 0 Å². The highest BCUT2D eigenvalue weighted by atomic mass is 32.2. The summed E-state index contributed by atoms with van der Waals surface area (Å²) < 4.78 is 30.8. The van der Waals surface area contributed by atoms with E-state index in [2.05, 4.69) is 14.6 Å². The molecular weight excluding hydrogens is 314 g/mol. The van der Waals surface area contributed by atoms with Crippen molar-refractivity contribution in [2.24, 2.45) is 0 Å². The third kappa shape index (κ3) is 4.63. The molecule has 0 amide bonds. The molecule has 23 heavy (non-hydrogen) atoms. The SMILES string of the molecule is CS(=O)(=O)NC1CCN(Cc2coc(-c3ccccc3)n2)CC1. The molecule has 0 atom stereocenters. The van der Waals surface area contributed by atoms with Gasteiger partial charge in [0.15, 0.2) is 0 Å². The summed E-state index contributed by atoms with van der Waals surface area (Å²) in [5, 5.41) is 0. The van der Waals surface area contributed by atoms with Gasteiger partial charge in [0.2, 0.25) is 15.9 Å². The molecule has 0 aliphatic carbocycles. The van der Waals surface area contributed by atoms with Gasteiger partial charge in [0.05, 0.1) is 11.9 Å². The van der Waals surface area contributed by atoms with Crippen LogP contribution in [0.5, 0.6) is 0 Å². The summed E-state index contributed by atoms with van der Waals surface area (Å²) in [6.45, 7) is 2.42. The van der Waals surface area contributed by atoms with Crippen LogP contribution in [0.1, 0.15) is 18.5 Å². The van der Waals surface area contributed by atoms with Gasteiger partial charge in [0, 0.05) is 31.2 Å². The molecule has 3 rings (SSSR count). The van der Waals surface area contributed by atoms with Gasteiger partial charge in [-0.1, -0.05) is 18.2 Å². The van der Waals surface area contributed by atoms with E-state index in [1.54, 1.807) is 6.26 Å². The van der Waals surface area contributed by atoms with E-state index in [0.717, 1.165) is 43.7 Å². The Morgan fingerprint density at radius 2 is 1.96 bits per heavy atom. The predicted octanol–water partition coefficient (Wildman–Crippen LogP) is 1.86. The van der Waals surface area contributed by atoms with Gasteiger partial charge in [-0.15, -0.1) is 0 Å². The first-order valence-corrected chi connectivity index (χ1v) is 9.58. The van der Waals surface area contributed by atoms with Crippen molar-refractivity contribution in [1.29, 1.82) is 0 Å². The van der Waals surface area contributed by atoms with E-state index >= 15 is 0 Å². The van der Waals surface area contributed by atoms with Crippen LogP contribution in [0.15, 0.2) is 41.0 Å². The van der Waals surface area contributed by atoms with Crippen LogP contribution >= 0.6 is 0 Å². The van der Waals surface area contributed by atoms with E-state index in [9.17, 15) is 8.42 Å². The van der Waals surface area contributed by atoms with Gasteiger partial charge < -0.3 is 4.42 Å². The molecule has 2 aromatic rings. The minimum absolute atomic E-state index is 0.0402. The lowest BCUT2D eigenvalue weighted by Crippen LogP contribution is -2.43. The first kappa shape index (κ1) is 16.2. The molecular formula is C16H21N3O3S. The predicted molar refractivity (Wildman–Crippen MR) is 88.2 cm³/mol. The number of likely N-dealkylation sites (tertiary alicyclic amines) is 1. The summed E-state index contributed by atoms with van der Waals surface area (Å²) in [7, 11) is -3.12. The Kier molecular flexibility index (Phi) is 4.79. The Labute approximate surface area is 136 Å². The van der Waals surface area contributed by atoms with E-state index in [0.29, 0.717) is 5.89 Å². The van der Waals surface area contributed by atoms with Crippen molar-refractivity contribution in [3.05, 3.63) is 42.3 Å². The minimum atomic E-state index is -3.12. The Morgan fingerprint density at radius 3 is 2.61 bits per heavy atom. The van der Waals surface area contributed by atoms with Crippen molar-refractivity contribution in [3.8, 4) is 11.5 Å². The smallest absolute Gasteiger partial charge is 0.226 e. The van der Waals surface area contributed by atoms with Crippen molar-refractivity contribution >= 4 is 10.0 Å². The van der Waals surface area contributed by atoms with E-state index in [-0.39, 0.29) is 6.04 Å². The molecule has 124 valence electrons. The molecule has 6 nitrogen and oxygen atoms in total. The number of sulfonamides is 1. The minimum Gasteiger partial charge on any atom is -0.444 e. The fourth-order valence-corrected chi connectivity index (χ4v) is 3.67. The Morgan fingerprint density at radius 1 is 1.26 bits per heavy atom. The van der Waals surface area contributed by atoms with E-state index in [1.165, 1.54) is 6.26 Å². The summed E-state index contributed by atoms with van der Waals surface area (Å²) in [6, 6.07) is 9.86. The van der Waals surface area contributed by atoms with Gasteiger partial charge in [-0.3, -0.25) is 4.90 Å². The second-order valence-electron chi connectivity index (χ2n) is 5.95. The highest BCUT2D eigenvalue weighted by Gasteiger charge is 2.22. The van der Waals surface area contributed by atoms with Crippen molar-refractivity contribution in [2.45, 2.75) is 25.4 Å². The Hall–Kier alpha value is -1.70. The lowest BCUT2D eigenvalue weighted by Gasteiger charge is -2.31. The average Bonchev–Trinajstić information content (AvgIpc) is 2.97. The largest absolute Gasteiger partial charge is 0.444 e. The maximum absolute atomic E-state index is 11.3. The molecule has 1 aromatic carbocycles. The monoisotopic (exact) mass is 335 g/mol. The summed E-state index contributed by atoms with van der Waals surface area (Å²) in [5.74, 6) is 0.634. The van der Waals surface area contributed by atoms with Gasteiger partial charge in [0.25, 0.3) is 0 Å². The first-order valence-electron chi connectivity index (χ1n) is 7.69. The number of rotatable bonds is 5. The van der Waals surface area contributed by atoms with Crippen LogP contribution in [0.3, 0.4) is 0 Å². The third-order valence-corrected chi connectivity index (χ3v) is 4.69. The fourth-order valence-electron chi connectivity index (χ4n) is 2.83. The van der Waals surface area contributed by atoms with Gasteiger partial charge in [0.1, 0.15) is 6.26 Å². The quantitative estimate of drug-likeness (QED) is 0.902. The van der Waals surface area contributed by atoms with Crippen LogP contribution in [0.4, 0.5) is 0 Å². The average molecular weight is 335 g/mol. The fraction of sp³-hybridized carbons (Fsp3) is 0.438. The molecule has 1 aromatic heterocycles. The third-order valence-electron chi connectivity index (χ3n) is 3.93. The zero-order valence-corrected chi connectivity index (χ0v) is 13.9. The summed E-state index contributed by atoms with van der Waals surface area (Å²) >= 11 is 0. The lowest BCUT2D eigenvalue weighted by atomic mass is 10.1. The van der Waals surface area contributed by atoms with E-state index < -0.39 is 10.0 Å². The summed E-state index contributed by atoms with van der Waals surface area (Å²) in [4.78, 5) is 6.80. The molecule has 1 aliphatic rings. The highest BCUT2D eigenvalue weighted by Crippen LogP contribution is 2.20. The van der Waals surface area contributed by atoms with Crippen LogP contribution in [-0.2, 0) is 16.6 Å². The number of nitrogens with one attached hydrogen (secondary N) is 1. The van der Waals surface area contributed by atoms with Crippen molar-refractivity contribution in [2.75, 3.05) is 19.3 Å². The number of hydrogen-bond acceptors (Lipinski definition) is 5. The second kappa shape index (κ2) is 6.82. The molecule has 1 fully saturated rings.